The highest BCUT2D eigenvalue weighted by molar-refractivity contribution is 5.99. The first-order valence-electron chi connectivity index (χ1n) is 12.3. The summed E-state index contributed by atoms with van der Waals surface area (Å²) in [5, 5.41) is 23.3. The van der Waals surface area contributed by atoms with E-state index in [-0.39, 0.29) is 19.4 Å². The number of nitrogens with two attached hydrogens (primary N) is 3. The third-order valence-corrected chi connectivity index (χ3v) is 7.32. The molecule has 1 fully saturated rings. The molecule has 13 nitrogen and oxygen atoms in total. The number of aromatic nitrogens is 1. The number of aromatic amines is 1. The van der Waals surface area contributed by atoms with Crippen molar-refractivity contribution in [1.29, 1.82) is 0 Å². The molecule has 208 valence electrons. The molecular weight excluding hydrogens is 496 g/mol. The molecule has 1 saturated heterocycles. The molecule has 0 bridgehead atoms. The number of carbonyl (C=O) groups excluding carboxylic acids is 4. The lowest BCUT2D eigenvalue weighted by atomic mass is 9.75. The predicted octanol–water partition coefficient (Wildman–Crippen LogP) is -2.14. The number of primary amides is 2. The second-order valence-corrected chi connectivity index (χ2v) is 9.81. The molecule has 0 saturated carbocycles. The standard InChI is InChI=1S/C25H36N6O7/c1-12(32)19(26)23(36)31-11-15(38-3)9-25(31,24(28)37)17(22(35)30-20(13(2)33)21(27)34)8-14-10-29-18-7-5-4-6-16(14)18/h4-7,10,12-13,15,17,19-20,29,32-33H,8-9,11,26H2,1-3H3,(H2,27,34)(H2,28,37)(H,30,35)/t12-,13-,15?,17-,19+,20+,25?/m1/s1. The minimum Gasteiger partial charge on any atom is -0.391 e. The van der Waals surface area contributed by atoms with Gasteiger partial charge in [-0.3, -0.25) is 19.2 Å². The van der Waals surface area contributed by atoms with Gasteiger partial charge < -0.3 is 47.4 Å². The number of H-pyrrole nitrogens is 1. The largest absolute Gasteiger partial charge is 0.391 e. The van der Waals surface area contributed by atoms with Crippen LogP contribution >= 0.6 is 0 Å². The lowest BCUT2D eigenvalue weighted by Crippen LogP contribution is -2.67. The molecular formula is C25H36N6O7. The van der Waals surface area contributed by atoms with Gasteiger partial charge >= 0.3 is 0 Å². The zero-order chi connectivity index (χ0) is 28.4. The number of hydrogen-bond donors (Lipinski definition) is 7. The monoisotopic (exact) mass is 532 g/mol. The zero-order valence-corrected chi connectivity index (χ0v) is 21.6. The van der Waals surface area contributed by atoms with Crippen LogP contribution in [0.2, 0.25) is 0 Å². The van der Waals surface area contributed by atoms with Crippen LogP contribution in [0.3, 0.4) is 0 Å². The van der Waals surface area contributed by atoms with E-state index in [1.165, 1.54) is 21.0 Å². The van der Waals surface area contributed by atoms with E-state index in [0.29, 0.717) is 5.56 Å². The molecule has 1 aliphatic heterocycles. The van der Waals surface area contributed by atoms with E-state index >= 15 is 0 Å². The van der Waals surface area contributed by atoms with Crippen LogP contribution in [-0.4, -0.2) is 93.3 Å². The second kappa shape index (κ2) is 11.5. The van der Waals surface area contributed by atoms with Gasteiger partial charge in [-0.15, -0.1) is 0 Å². The number of nitrogens with zero attached hydrogens (tertiary/aromatic N) is 1. The van der Waals surface area contributed by atoms with E-state index in [1.807, 2.05) is 24.3 Å². The zero-order valence-electron chi connectivity index (χ0n) is 21.6. The Morgan fingerprint density at radius 1 is 1.18 bits per heavy atom. The first kappa shape index (κ1) is 29.0. The summed E-state index contributed by atoms with van der Waals surface area (Å²) in [4.78, 5) is 56.9. The Labute approximate surface area is 219 Å². The number of para-hydroxylation sites is 1. The molecule has 1 aliphatic rings. The topological polar surface area (TPSA) is 227 Å². The van der Waals surface area contributed by atoms with Gasteiger partial charge in [0.2, 0.25) is 23.6 Å². The van der Waals surface area contributed by atoms with Gasteiger partial charge in [-0.05, 0) is 31.9 Å². The lowest BCUT2D eigenvalue weighted by molar-refractivity contribution is -0.153. The summed E-state index contributed by atoms with van der Waals surface area (Å²) >= 11 is 0. The Kier molecular flexibility index (Phi) is 8.77. The molecule has 1 aromatic heterocycles. The number of rotatable bonds is 11. The molecule has 0 aliphatic carbocycles. The maximum absolute atomic E-state index is 13.9. The number of carbonyl (C=O) groups is 4. The van der Waals surface area contributed by atoms with Crippen molar-refractivity contribution in [3.63, 3.8) is 0 Å². The van der Waals surface area contributed by atoms with Gasteiger partial charge in [-0.1, -0.05) is 18.2 Å². The van der Waals surface area contributed by atoms with E-state index < -0.39 is 65.5 Å². The Morgan fingerprint density at radius 2 is 1.84 bits per heavy atom. The fraction of sp³-hybridized carbons (Fsp3) is 0.520. The Morgan fingerprint density at radius 3 is 2.39 bits per heavy atom. The highest BCUT2D eigenvalue weighted by Crippen LogP contribution is 2.40. The van der Waals surface area contributed by atoms with E-state index in [2.05, 4.69) is 10.3 Å². The Balaban J connectivity index is 2.19. The molecule has 2 unspecified atom stereocenters. The molecule has 10 N–H and O–H groups in total. The first-order chi connectivity index (χ1) is 17.8. The van der Waals surface area contributed by atoms with E-state index in [9.17, 15) is 29.4 Å². The summed E-state index contributed by atoms with van der Waals surface area (Å²) in [6.45, 7) is 2.49. The normalized spacial score (nSPS) is 23.4. The first-order valence-corrected chi connectivity index (χ1v) is 12.3. The van der Waals surface area contributed by atoms with Gasteiger partial charge in [0.15, 0.2) is 0 Å². The lowest BCUT2D eigenvalue weighted by Gasteiger charge is -2.42. The van der Waals surface area contributed by atoms with Gasteiger partial charge in [-0.2, -0.15) is 0 Å². The Bertz CT molecular complexity index is 1200. The highest BCUT2D eigenvalue weighted by atomic mass is 16.5. The molecule has 3 rings (SSSR count). The van der Waals surface area contributed by atoms with Crippen molar-refractivity contribution in [2.24, 2.45) is 23.1 Å². The van der Waals surface area contributed by atoms with Crippen molar-refractivity contribution in [1.82, 2.24) is 15.2 Å². The van der Waals surface area contributed by atoms with Gasteiger partial charge in [0.25, 0.3) is 0 Å². The number of aliphatic hydroxyl groups excluding tert-OH is 2. The number of aliphatic hydroxyl groups is 2. The van der Waals surface area contributed by atoms with E-state index in [4.69, 9.17) is 21.9 Å². The van der Waals surface area contributed by atoms with Crippen LogP contribution in [0.1, 0.15) is 25.8 Å². The van der Waals surface area contributed by atoms with Crippen LogP contribution in [0.15, 0.2) is 30.5 Å². The maximum Gasteiger partial charge on any atom is 0.244 e. The molecule has 2 heterocycles. The number of hydrogen-bond acceptors (Lipinski definition) is 8. The van der Waals surface area contributed by atoms with Crippen molar-refractivity contribution < 1.29 is 34.1 Å². The minimum atomic E-state index is -1.95. The van der Waals surface area contributed by atoms with Crippen LogP contribution in [0.4, 0.5) is 0 Å². The molecule has 7 atom stereocenters. The van der Waals surface area contributed by atoms with Gasteiger partial charge in [-0.25, -0.2) is 0 Å². The van der Waals surface area contributed by atoms with Crippen LogP contribution in [0, 0.1) is 5.92 Å². The smallest absolute Gasteiger partial charge is 0.244 e. The second-order valence-electron chi connectivity index (χ2n) is 9.81. The molecule has 13 heteroatoms. The molecule has 38 heavy (non-hydrogen) atoms. The summed E-state index contributed by atoms with van der Waals surface area (Å²) in [6, 6.07) is 4.42. The molecule has 4 amide bonds. The Hall–Kier alpha value is -3.52. The number of ether oxygens (including phenoxy) is 1. The van der Waals surface area contributed by atoms with E-state index in [0.717, 1.165) is 15.8 Å². The SMILES string of the molecule is COC1CN(C(=O)[C@@H](N)[C@@H](C)O)C(C(N)=O)([C@H](Cc2c[nH]c3ccccc23)C(=O)N[C@H](C(N)=O)[C@@H](C)O)C1. The number of benzene rings is 1. The molecule has 1 aromatic carbocycles. The summed E-state index contributed by atoms with van der Waals surface area (Å²) in [5.41, 5.74) is 16.8. The number of nitrogens with one attached hydrogen (secondary N) is 2. The summed E-state index contributed by atoms with van der Waals surface area (Å²) in [6.07, 6.45) is -1.84. The fourth-order valence-corrected chi connectivity index (χ4v) is 5.14. The molecule has 0 radical (unpaired) electrons. The average Bonchev–Trinajstić information content (AvgIpc) is 3.46. The summed E-state index contributed by atoms with van der Waals surface area (Å²) < 4.78 is 5.47. The quantitative estimate of drug-likeness (QED) is 0.168. The minimum absolute atomic E-state index is 0.0891. The number of likely N-dealkylation sites (tertiary alicyclic amines) is 1. The predicted molar refractivity (Wildman–Crippen MR) is 137 cm³/mol. The van der Waals surface area contributed by atoms with Gasteiger partial charge in [0.05, 0.1) is 24.2 Å². The van der Waals surface area contributed by atoms with Crippen LogP contribution in [0.5, 0.6) is 0 Å². The van der Waals surface area contributed by atoms with E-state index in [1.54, 1.807) is 6.20 Å². The number of methoxy groups -OCH3 is 1. The average molecular weight is 533 g/mol. The third-order valence-electron chi connectivity index (χ3n) is 7.32. The molecule has 2 aromatic rings. The van der Waals surface area contributed by atoms with Crippen LogP contribution in [-0.2, 0) is 30.3 Å². The summed E-state index contributed by atoms with van der Waals surface area (Å²) in [7, 11) is 1.39. The molecule has 0 spiro atoms. The van der Waals surface area contributed by atoms with Crippen molar-refractivity contribution in [3.05, 3.63) is 36.0 Å². The van der Waals surface area contributed by atoms with Crippen LogP contribution in [0.25, 0.3) is 10.9 Å². The van der Waals surface area contributed by atoms with Crippen molar-refractivity contribution in [2.45, 2.75) is 62.6 Å². The number of fused-ring (bicyclic) bond motifs is 1. The third kappa shape index (κ3) is 5.36. The number of amides is 4. The summed E-state index contributed by atoms with van der Waals surface area (Å²) in [5.74, 6) is -4.96. The van der Waals surface area contributed by atoms with Crippen molar-refractivity contribution in [2.75, 3.05) is 13.7 Å². The van der Waals surface area contributed by atoms with Gasteiger partial charge in [0, 0.05) is 37.2 Å². The van der Waals surface area contributed by atoms with Gasteiger partial charge in [0.1, 0.15) is 17.6 Å². The van der Waals surface area contributed by atoms with Crippen LogP contribution < -0.4 is 22.5 Å². The fourth-order valence-electron chi connectivity index (χ4n) is 5.14. The van der Waals surface area contributed by atoms with Crippen molar-refractivity contribution in [3.8, 4) is 0 Å². The maximum atomic E-state index is 13.9. The van der Waals surface area contributed by atoms with Crippen molar-refractivity contribution >= 4 is 34.5 Å². The highest BCUT2D eigenvalue weighted by Gasteiger charge is 2.60.